The highest BCUT2D eigenvalue weighted by Crippen LogP contribution is 2.23. The summed E-state index contributed by atoms with van der Waals surface area (Å²) in [6, 6.07) is 16.9. The topological polar surface area (TPSA) is 107 Å². The maximum Gasteiger partial charge on any atom is 0.331 e. The second kappa shape index (κ2) is 10.6. The molecule has 0 atom stereocenters. The number of furan rings is 1. The quantitative estimate of drug-likeness (QED) is 0.409. The molecular formula is C24H22N2O6. The van der Waals surface area contributed by atoms with E-state index in [1.54, 1.807) is 67.6 Å². The van der Waals surface area contributed by atoms with Crippen LogP contribution in [0.3, 0.4) is 0 Å². The van der Waals surface area contributed by atoms with Crippen LogP contribution in [0.4, 0.5) is 11.4 Å². The van der Waals surface area contributed by atoms with E-state index in [2.05, 4.69) is 10.6 Å². The average molecular weight is 434 g/mol. The highest BCUT2D eigenvalue weighted by Gasteiger charge is 2.10. The van der Waals surface area contributed by atoms with Crippen molar-refractivity contribution >= 4 is 35.2 Å². The number of aryl methyl sites for hydroxylation is 1. The minimum Gasteiger partial charge on any atom is -0.495 e. The number of hydrogen-bond donors (Lipinski definition) is 2. The lowest BCUT2D eigenvalue weighted by atomic mass is 10.2. The zero-order valence-electron chi connectivity index (χ0n) is 17.6. The lowest BCUT2D eigenvalue weighted by Gasteiger charge is -2.10. The molecule has 0 aliphatic carbocycles. The first-order valence-electron chi connectivity index (χ1n) is 9.70. The molecule has 2 aromatic carbocycles. The molecule has 3 aromatic rings. The van der Waals surface area contributed by atoms with Crippen LogP contribution in [0, 0.1) is 6.92 Å². The van der Waals surface area contributed by atoms with Crippen LogP contribution in [-0.2, 0) is 14.3 Å². The van der Waals surface area contributed by atoms with Gasteiger partial charge in [-0.25, -0.2) is 4.79 Å². The van der Waals surface area contributed by atoms with E-state index in [-0.39, 0.29) is 5.91 Å². The van der Waals surface area contributed by atoms with Crippen LogP contribution in [0.25, 0.3) is 6.08 Å². The van der Waals surface area contributed by atoms with Gasteiger partial charge in [0.25, 0.3) is 11.8 Å². The van der Waals surface area contributed by atoms with E-state index in [1.165, 1.54) is 19.3 Å². The number of ether oxygens (including phenoxy) is 2. The van der Waals surface area contributed by atoms with Crippen LogP contribution in [0.2, 0.25) is 0 Å². The number of hydrogen-bond acceptors (Lipinski definition) is 6. The monoisotopic (exact) mass is 434 g/mol. The molecule has 0 aliphatic rings. The van der Waals surface area contributed by atoms with Crippen molar-refractivity contribution in [1.82, 2.24) is 0 Å². The van der Waals surface area contributed by atoms with Gasteiger partial charge in [0.05, 0.1) is 12.8 Å². The van der Waals surface area contributed by atoms with Crippen LogP contribution in [0.15, 0.2) is 71.2 Å². The molecule has 2 N–H and O–H groups in total. The van der Waals surface area contributed by atoms with E-state index >= 15 is 0 Å². The molecular weight excluding hydrogens is 412 g/mol. The summed E-state index contributed by atoms with van der Waals surface area (Å²) >= 11 is 0. The maximum atomic E-state index is 12.4. The Hall–Kier alpha value is -4.33. The minimum absolute atomic E-state index is 0.320. The van der Waals surface area contributed by atoms with Gasteiger partial charge >= 0.3 is 5.97 Å². The molecule has 2 amide bonds. The van der Waals surface area contributed by atoms with Crippen LogP contribution in [0.5, 0.6) is 5.75 Å². The van der Waals surface area contributed by atoms with Crippen LogP contribution >= 0.6 is 0 Å². The average Bonchev–Trinajstić information content (AvgIpc) is 3.22. The van der Waals surface area contributed by atoms with Crippen LogP contribution in [0.1, 0.15) is 21.9 Å². The number of carbonyl (C=O) groups excluding carboxylic acids is 3. The second-order valence-electron chi connectivity index (χ2n) is 6.67. The van der Waals surface area contributed by atoms with Gasteiger partial charge in [-0.05, 0) is 61.5 Å². The van der Waals surface area contributed by atoms with E-state index in [0.29, 0.717) is 28.4 Å². The number of esters is 1. The fourth-order valence-corrected chi connectivity index (χ4v) is 2.72. The number of carbonyl (C=O) groups is 3. The minimum atomic E-state index is -0.669. The summed E-state index contributed by atoms with van der Waals surface area (Å²) in [5, 5.41) is 5.37. The second-order valence-corrected chi connectivity index (χ2v) is 6.67. The summed E-state index contributed by atoms with van der Waals surface area (Å²) in [5.74, 6) is 0.289. The SMILES string of the molecule is COc1ccccc1NC(=O)c1ccc(NC(=O)COC(=O)/C=C/c2ccc(C)o2)cc1. The first-order chi connectivity index (χ1) is 15.4. The standard InChI is InChI=1S/C24H22N2O6/c1-16-7-12-19(32-16)13-14-23(28)31-15-22(27)25-18-10-8-17(9-11-18)24(29)26-20-5-3-4-6-21(20)30-2/h3-14H,15H2,1-2H3,(H,25,27)(H,26,29)/b14-13+. The molecule has 3 rings (SSSR count). The highest BCUT2D eigenvalue weighted by molar-refractivity contribution is 6.05. The first kappa shape index (κ1) is 22.4. The maximum absolute atomic E-state index is 12.4. The van der Waals surface area contributed by atoms with Crippen molar-refractivity contribution in [3.8, 4) is 5.75 Å². The molecule has 164 valence electrons. The third kappa shape index (κ3) is 6.33. The number of rotatable bonds is 8. The number of nitrogens with one attached hydrogen (secondary N) is 2. The van der Waals surface area contributed by atoms with Gasteiger partial charge in [-0.3, -0.25) is 9.59 Å². The molecule has 0 fully saturated rings. The molecule has 32 heavy (non-hydrogen) atoms. The number of para-hydroxylation sites is 2. The zero-order chi connectivity index (χ0) is 22.9. The molecule has 8 heteroatoms. The molecule has 0 bridgehead atoms. The molecule has 0 aliphatic heterocycles. The molecule has 0 unspecified atom stereocenters. The lowest BCUT2D eigenvalue weighted by Crippen LogP contribution is -2.20. The van der Waals surface area contributed by atoms with Gasteiger partial charge in [-0.1, -0.05) is 12.1 Å². The van der Waals surface area contributed by atoms with E-state index in [0.717, 1.165) is 5.76 Å². The molecule has 1 aromatic heterocycles. The molecule has 1 heterocycles. The molecule has 0 saturated heterocycles. The first-order valence-corrected chi connectivity index (χ1v) is 9.70. The van der Waals surface area contributed by atoms with Crippen molar-refractivity contribution in [2.75, 3.05) is 24.4 Å². The van der Waals surface area contributed by atoms with Crippen LogP contribution < -0.4 is 15.4 Å². The summed E-state index contributed by atoms with van der Waals surface area (Å²) in [6.07, 6.45) is 2.64. The number of amides is 2. The van der Waals surface area contributed by atoms with E-state index in [1.807, 2.05) is 0 Å². The van der Waals surface area contributed by atoms with Gasteiger partial charge < -0.3 is 24.5 Å². The van der Waals surface area contributed by atoms with Crippen molar-refractivity contribution in [3.05, 3.63) is 83.8 Å². The Morgan fingerprint density at radius 2 is 1.72 bits per heavy atom. The predicted octanol–water partition coefficient (Wildman–Crippen LogP) is 4.04. The third-order valence-electron chi connectivity index (χ3n) is 4.28. The Kier molecular flexibility index (Phi) is 7.42. The van der Waals surface area contributed by atoms with E-state index < -0.39 is 18.5 Å². The summed E-state index contributed by atoms with van der Waals surface area (Å²) in [4.78, 5) is 36.1. The summed E-state index contributed by atoms with van der Waals surface area (Å²) in [7, 11) is 1.52. The molecule has 0 saturated carbocycles. The highest BCUT2D eigenvalue weighted by atomic mass is 16.5. The van der Waals surface area contributed by atoms with Gasteiger partial charge in [0.2, 0.25) is 0 Å². The smallest absolute Gasteiger partial charge is 0.331 e. The number of benzene rings is 2. The number of methoxy groups -OCH3 is 1. The molecule has 8 nitrogen and oxygen atoms in total. The van der Waals surface area contributed by atoms with Gasteiger partial charge in [0, 0.05) is 17.3 Å². The summed E-state index contributed by atoms with van der Waals surface area (Å²) < 4.78 is 15.4. The van der Waals surface area contributed by atoms with Crippen LogP contribution in [-0.4, -0.2) is 31.5 Å². The Morgan fingerprint density at radius 3 is 2.41 bits per heavy atom. The molecule has 0 spiro atoms. The van der Waals surface area contributed by atoms with Crippen molar-refractivity contribution in [2.45, 2.75) is 6.92 Å². The third-order valence-corrected chi connectivity index (χ3v) is 4.28. The van der Waals surface area contributed by atoms with Crippen molar-refractivity contribution in [1.29, 1.82) is 0 Å². The van der Waals surface area contributed by atoms with Crippen molar-refractivity contribution in [3.63, 3.8) is 0 Å². The Labute approximate surface area is 184 Å². The van der Waals surface area contributed by atoms with Crippen molar-refractivity contribution < 1.29 is 28.3 Å². The van der Waals surface area contributed by atoms with Gasteiger partial charge in [0.15, 0.2) is 6.61 Å². The molecule has 0 radical (unpaired) electrons. The predicted molar refractivity (Wildman–Crippen MR) is 119 cm³/mol. The lowest BCUT2D eigenvalue weighted by molar-refractivity contribution is -0.142. The van der Waals surface area contributed by atoms with Gasteiger partial charge in [-0.2, -0.15) is 0 Å². The zero-order valence-corrected chi connectivity index (χ0v) is 17.6. The summed E-state index contributed by atoms with van der Waals surface area (Å²) in [6.45, 7) is 1.34. The van der Waals surface area contributed by atoms with E-state index in [4.69, 9.17) is 13.9 Å². The number of anilines is 2. The summed E-state index contributed by atoms with van der Waals surface area (Å²) in [5.41, 5.74) is 1.41. The Morgan fingerprint density at radius 1 is 0.969 bits per heavy atom. The Balaban J connectivity index is 1.48. The largest absolute Gasteiger partial charge is 0.495 e. The Bertz CT molecular complexity index is 1130. The fraction of sp³-hybridized carbons (Fsp3) is 0.125. The normalized spacial score (nSPS) is 10.6. The van der Waals surface area contributed by atoms with E-state index in [9.17, 15) is 14.4 Å². The van der Waals surface area contributed by atoms with Gasteiger partial charge in [0.1, 0.15) is 17.3 Å². The van der Waals surface area contributed by atoms with Crippen molar-refractivity contribution in [2.24, 2.45) is 0 Å². The van der Waals surface area contributed by atoms with Gasteiger partial charge in [-0.15, -0.1) is 0 Å². The fourth-order valence-electron chi connectivity index (χ4n) is 2.72.